The summed E-state index contributed by atoms with van der Waals surface area (Å²) in [6.07, 6.45) is 2.93. The van der Waals surface area contributed by atoms with Crippen LogP contribution in [0.2, 0.25) is 0 Å². The lowest BCUT2D eigenvalue weighted by Crippen LogP contribution is -2.03. The topological polar surface area (TPSA) is 62.5 Å². The van der Waals surface area contributed by atoms with Crippen molar-refractivity contribution in [3.8, 4) is 0 Å². The van der Waals surface area contributed by atoms with E-state index in [1.165, 1.54) is 0 Å². The molecule has 0 amide bonds. The molecule has 1 aliphatic carbocycles. The van der Waals surface area contributed by atoms with Crippen molar-refractivity contribution in [1.82, 2.24) is 4.57 Å². The zero-order valence-electron chi connectivity index (χ0n) is 11.6. The van der Waals surface area contributed by atoms with Gasteiger partial charge in [0.1, 0.15) is 6.10 Å². The predicted octanol–water partition coefficient (Wildman–Crippen LogP) is 3.28. The molecule has 0 bridgehead atoms. The van der Waals surface area contributed by atoms with Crippen LogP contribution >= 0.6 is 0 Å². The summed E-state index contributed by atoms with van der Waals surface area (Å²) in [4.78, 5) is 11.5. The maximum Gasteiger partial charge on any atom is 0.337 e. The maximum absolute atomic E-state index is 11.5. The lowest BCUT2D eigenvalue weighted by Gasteiger charge is -2.10. The van der Waals surface area contributed by atoms with Gasteiger partial charge in [-0.2, -0.15) is 0 Å². The van der Waals surface area contributed by atoms with Crippen LogP contribution in [0.25, 0.3) is 16.6 Å². The number of aliphatic hydroxyl groups excluding tert-OH is 1. The van der Waals surface area contributed by atoms with Crippen molar-refractivity contribution >= 4 is 22.6 Å². The van der Waals surface area contributed by atoms with Crippen LogP contribution in [0.5, 0.6) is 0 Å². The van der Waals surface area contributed by atoms with E-state index in [1.54, 1.807) is 18.2 Å². The molecule has 1 atom stereocenters. The number of hydrogen-bond acceptors (Lipinski definition) is 2. The molecule has 2 aromatic carbocycles. The van der Waals surface area contributed by atoms with Gasteiger partial charge in [-0.15, -0.1) is 0 Å². The second kappa shape index (κ2) is 4.58. The van der Waals surface area contributed by atoms with E-state index < -0.39 is 12.1 Å². The van der Waals surface area contributed by atoms with Crippen molar-refractivity contribution in [2.24, 2.45) is 0 Å². The van der Waals surface area contributed by atoms with E-state index in [0.29, 0.717) is 5.52 Å². The predicted molar refractivity (Wildman–Crippen MR) is 83.7 cm³/mol. The molecule has 22 heavy (non-hydrogen) atoms. The van der Waals surface area contributed by atoms with Crippen molar-refractivity contribution in [3.63, 3.8) is 0 Å². The van der Waals surface area contributed by atoms with Crippen molar-refractivity contribution < 1.29 is 15.0 Å². The van der Waals surface area contributed by atoms with Crippen LogP contribution in [0.15, 0.2) is 60.8 Å². The fourth-order valence-electron chi connectivity index (χ4n) is 3.09. The Morgan fingerprint density at radius 1 is 1.05 bits per heavy atom. The van der Waals surface area contributed by atoms with Gasteiger partial charge in [0.2, 0.25) is 0 Å². The number of nitrogens with zero attached hydrogens (tertiary/aromatic N) is 1. The molecule has 0 saturated carbocycles. The van der Waals surface area contributed by atoms with Crippen LogP contribution in [0, 0.1) is 0 Å². The van der Waals surface area contributed by atoms with E-state index in [1.807, 2.05) is 47.2 Å². The van der Waals surface area contributed by atoms with Crippen LogP contribution in [-0.4, -0.2) is 20.7 Å². The number of para-hydroxylation sites is 1. The molecule has 1 heterocycles. The first-order valence-electron chi connectivity index (χ1n) is 7.00. The fourth-order valence-corrected chi connectivity index (χ4v) is 3.09. The van der Waals surface area contributed by atoms with Gasteiger partial charge in [0.25, 0.3) is 0 Å². The molecule has 4 heteroatoms. The summed E-state index contributed by atoms with van der Waals surface area (Å²) in [6.45, 7) is 0. The quantitative estimate of drug-likeness (QED) is 0.761. The van der Waals surface area contributed by atoms with Crippen molar-refractivity contribution in [3.05, 3.63) is 77.5 Å². The van der Waals surface area contributed by atoms with Crippen molar-refractivity contribution in [1.29, 1.82) is 0 Å². The highest BCUT2D eigenvalue weighted by molar-refractivity contribution is 6.04. The van der Waals surface area contributed by atoms with E-state index in [0.717, 1.165) is 22.2 Å². The third-order valence-electron chi connectivity index (χ3n) is 4.07. The number of rotatable bonds is 2. The number of aliphatic hydroxyl groups is 1. The molecule has 0 spiro atoms. The molecule has 1 unspecified atom stereocenters. The molecule has 1 aliphatic rings. The number of hydrogen-bond donors (Lipinski definition) is 2. The van der Waals surface area contributed by atoms with Gasteiger partial charge in [0, 0.05) is 17.1 Å². The van der Waals surface area contributed by atoms with Crippen LogP contribution in [0.1, 0.15) is 27.6 Å². The SMILES string of the molecule is O=C(O)c1cccc2ccn(C3=CC(O)c4ccccc43)c12. The van der Waals surface area contributed by atoms with Gasteiger partial charge in [-0.25, -0.2) is 4.79 Å². The van der Waals surface area contributed by atoms with E-state index >= 15 is 0 Å². The van der Waals surface area contributed by atoms with Crippen LogP contribution in [-0.2, 0) is 0 Å². The normalized spacial score (nSPS) is 16.6. The highest BCUT2D eigenvalue weighted by atomic mass is 16.4. The molecule has 0 fully saturated rings. The van der Waals surface area contributed by atoms with Crippen LogP contribution < -0.4 is 0 Å². The van der Waals surface area contributed by atoms with Gasteiger partial charge in [-0.3, -0.25) is 0 Å². The van der Waals surface area contributed by atoms with E-state index in [-0.39, 0.29) is 5.56 Å². The first kappa shape index (κ1) is 12.9. The second-order valence-electron chi connectivity index (χ2n) is 5.32. The monoisotopic (exact) mass is 291 g/mol. The van der Waals surface area contributed by atoms with Gasteiger partial charge in [0.15, 0.2) is 0 Å². The Balaban J connectivity index is 2.01. The summed E-state index contributed by atoms with van der Waals surface area (Å²) in [6, 6.07) is 14.7. The summed E-state index contributed by atoms with van der Waals surface area (Å²) in [5.74, 6) is -0.960. The summed E-state index contributed by atoms with van der Waals surface area (Å²) in [7, 11) is 0. The molecule has 0 aliphatic heterocycles. The molecule has 2 N–H and O–H groups in total. The standard InChI is InChI=1S/C18H13NO3/c20-16-10-15(12-5-1-2-6-13(12)16)19-9-8-11-4-3-7-14(17(11)19)18(21)22/h1-10,16,20H,(H,21,22). The van der Waals surface area contributed by atoms with E-state index in [4.69, 9.17) is 0 Å². The number of carboxylic acids is 1. The smallest absolute Gasteiger partial charge is 0.337 e. The lowest BCUT2D eigenvalue weighted by atomic mass is 10.1. The minimum absolute atomic E-state index is 0.252. The Kier molecular flexibility index (Phi) is 2.68. The molecule has 0 radical (unpaired) electrons. The zero-order chi connectivity index (χ0) is 15.3. The Morgan fingerprint density at radius 3 is 2.68 bits per heavy atom. The summed E-state index contributed by atoms with van der Waals surface area (Å²) < 4.78 is 1.84. The first-order chi connectivity index (χ1) is 10.7. The van der Waals surface area contributed by atoms with Gasteiger partial charge in [-0.05, 0) is 23.8 Å². The second-order valence-corrected chi connectivity index (χ2v) is 5.32. The third kappa shape index (κ3) is 1.71. The highest BCUT2D eigenvalue weighted by Gasteiger charge is 2.24. The number of benzene rings is 2. The first-order valence-corrected chi connectivity index (χ1v) is 7.00. The average Bonchev–Trinajstić information content (AvgIpc) is 3.09. The van der Waals surface area contributed by atoms with Crippen molar-refractivity contribution in [2.45, 2.75) is 6.10 Å². The number of carbonyl (C=O) groups is 1. The summed E-state index contributed by atoms with van der Waals surface area (Å²) in [5.41, 5.74) is 3.47. The highest BCUT2D eigenvalue weighted by Crippen LogP contribution is 2.37. The molecule has 4 rings (SSSR count). The van der Waals surface area contributed by atoms with Gasteiger partial charge in [-0.1, -0.05) is 36.4 Å². The minimum Gasteiger partial charge on any atom is -0.478 e. The maximum atomic E-state index is 11.5. The molecular formula is C18H13NO3. The lowest BCUT2D eigenvalue weighted by molar-refractivity contribution is 0.0698. The number of fused-ring (bicyclic) bond motifs is 2. The Labute approximate surface area is 126 Å². The Bertz CT molecular complexity index is 936. The average molecular weight is 291 g/mol. The molecule has 0 saturated heterocycles. The van der Waals surface area contributed by atoms with Crippen LogP contribution in [0.4, 0.5) is 0 Å². The number of aromatic carboxylic acids is 1. The molecular weight excluding hydrogens is 278 g/mol. The number of carboxylic acid groups (broad SMARTS) is 1. The third-order valence-corrected chi connectivity index (χ3v) is 4.07. The molecule has 1 aromatic heterocycles. The largest absolute Gasteiger partial charge is 0.478 e. The Hall–Kier alpha value is -2.85. The van der Waals surface area contributed by atoms with E-state index in [9.17, 15) is 15.0 Å². The molecule has 108 valence electrons. The minimum atomic E-state index is -0.960. The van der Waals surface area contributed by atoms with Crippen molar-refractivity contribution in [2.75, 3.05) is 0 Å². The summed E-state index contributed by atoms with van der Waals surface area (Å²) >= 11 is 0. The fraction of sp³-hybridized carbons (Fsp3) is 0.0556. The van der Waals surface area contributed by atoms with Gasteiger partial charge in [0.05, 0.1) is 16.8 Å². The van der Waals surface area contributed by atoms with Crippen LogP contribution in [0.3, 0.4) is 0 Å². The van der Waals surface area contributed by atoms with E-state index in [2.05, 4.69) is 0 Å². The zero-order valence-corrected chi connectivity index (χ0v) is 11.6. The van der Waals surface area contributed by atoms with Gasteiger partial charge >= 0.3 is 5.97 Å². The summed E-state index contributed by atoms with van der Waals surface area (Å²) in [5, 5.41) is 20.5. The molecule has 4 nitrogen and oxygen atoms in total. The van der Waals surface area contributed by atoms with Gasteiger partial charge < -0.3 is 14.8 Å². The Morgan fingerprint density at radius 2 is 1.86 bits per heavy atom. The number of aromatic nitrogens is 1. The molecule has 3 aromatic rings.